The van der Waals surface area contributed by atoms with Gasteiger partial charge in [0.15, 0.2) is 5.82 Å². The van der Waals surface area contributed by atoms with Crippen molar-refractivity contribution in [3.05, 3.63) is 47.8 Å². The van der Waals surface area contributed by atoms with Crippen LogP contribution in [0.2, 0.25) is 0 Å². The van der Waals surface area contributed by atoms with Crippen molar-refractivity contribution in [1.82, 2.24) is 45.6 Å². The van der Waals surface area contributed by atoms with E-state index in [1.165, 1.54) is 21.9 Å². The Morgan fingerprint density at radius 1 is 0.881 bits per heavy atom. The topological polar surface area (TPSA) is 156 Å². The number of benzene rings is 2. The van der Waals surface area contributed by atoms with Gasteiger partial charge in [0.25, 0.3) is 0 Å². The maximum absolute atomic E-state index is 15.5. The van der Waals surface area contributed by atoms with E-state index in [0.717, 1.165) is 5.30 Å². The maximum atomic E-state index is 15.5. The number of amides is 4. The number of nitrogens with zero attached hydrogens (tertiary/aromatic N) is 4. The van der Waals surface area contributed by atoms with Crippen molar-refractivity contribution in [3.63, 3.8) is 0 Å². The van der Waals surface area contributed by atoms with Gasteiger partial charge in [-0.25, -0.2) is 18.2 Å². The van der Waals surface area contributed by atoms with E-state index in [1.54, 1.807) is 40.9 Å². The number of carbonyl (C=O) groups is 4. The van der Waals surface area contributed by atoms with Gasteiger partial charge in [-0.15, -0.1) is 9.24 Å². The fraction of sp³-hybridized carbons (Fsp3) is 0.548. The van der Waals surface area contributed by atoms with Gasteiger partial charge in [-0.1, -0.05) is 26.8 Å². The normalized spacial score (nSPS) is 21.6. The Bertz CT molecular complexity index is 2200. The third-order valence-corrected chi connectivity index (χ3v) is 12.3. The number of hydrogen-bond donors (Lipinski definition) is 5. The van der Waals surface area contributed by atoms with Gasteiger partial charge in [0.1, 0.15) is 30.2 Å². The van der Waals surface area contributed by atoms with Crippen LogP contribution >= 0.6 is 9.24 Å². The van der Waals surface area contributed by atoms with Crippen LogP contribution in [0, 0.1) is 11.7 Å². The minimum absolute atomic E-state index is 0.0524. The summed E-state index contributed by atoms with van der Waals surface area (Å²) in [7, 11) is 5.96. The molecule has 13 nitrogen and oxygen atoms in total. The highest BCUT2D eigenvalue weighted by Crippen LogP contribution is 2.37. The van der Waals surface area contributed by atoms with Gasteiger partial charge in [0, 0.05) is 36.3 Å². The molecule has 4 heterocycles. The van der Waals surface area contributed by atoms with Crippen LogP contribution in [0.25, 0.3) is 33.5 Å². The van der Waals surface area contributed by atoms with Crippen molar-refractivity contribution < 1.29 is 32.3 Å². The highest BCUT2D eigenvalue weighted by Gasteiger charge is 2.42. The second-order valence-electron chi connectivity index (χ2n) is 16.3. The molecule has 17 heteroatoms. The summed E-state index contributed by atoms with van der Waals surface area (Å²) in [5.41, 5.74) is 3.02. The second kappa shape index (κ2) is 18.4. The highest BCUT2D eigenvalue weighted by molar-refractivity contribution is 7.27. The summed E-state index contributed by atoms with van der Waals surface area (Å²) in [5.74, 6) is -1.76. The van der Waals surface area contributed by atoms with E-state index in [2.05, 4.69) is 35.5 Å². The van der Waals surface area contributed by atoms with Gasteiger partial charge < -0.3 is 40.6 Å². The van der Waals surface area contributed by atoms with Gasteiger partial charge in [-0.3, -0.25) is 19.2 Å². The summed E-state index contributed by atoms with van der Waals surface area (Å²) < 4.78 is 47.6. The number of hydrogen-bond acceptors (Lipinski definition) is 7. The number of aromatic nitrogens is 3. The average molecular weight is 840 g/mol. The third-order valence-electron chi connectivity index (χ3n) is 11.9. The first-order chi connectivity index (χ1) is 28.0. The monoisotopic (exact) mass is 839 g/mol. The minimum atomic E-state index is -1.31. The smallest absolute Gasteiger partial charge is 0.245 e. The molecule has 9 atom stereocenters. The molecule has 2 aromatic carbocycles. The van der Waals surface area contributed by atoms with Crippen molar-refractivity contribution in [2.75, 3.05) is 27.2 Å². The number of rotatable bonds is 15. The summed E-state index contributed by atoms with van der Waals surface area (Å²) in [6, 6.07) is 6.03. The molecule has 4 amide bonds. The van der Waals surface area contributed by atoms with Gasteiger partial charge in [0.05, 0.1) is 47.9 Å². The molecular formula is C42H57F3N9O4P. The van der Waals surface area contributed by atoms with Crippen LogP contribution in [0.1, 0.15) is 59.4 Å². The zero-order valence-corrected chi connectivity index (χ0v) is 35.9. The lowest BCUT2D eigenvalue weighted by Gasteiger charge is -2.31. The Kier molecular flexibility index (Phi) is 13.7. The summed E-state index contributed by atoms with van der Waals surface area (Å²) in [6.45, 7) is 8.70. The number of likely N-dealkylation sites (N-methyl/N-ethyl adjacent to an activating group) is 2. The Hall–Kier alpha value is -4.53. The van der Waals surface area contributed by atoms with Crippen molar-refractivity contribution in [3.8, 4) is 11.5 Å². The summed E-state index contributed by atoms with van der Waals surface area (Å²) >= 11 is 0. The molecule has 4 aromatic rings. The highest BCUT2D eigenvalue weighted by atomic mass is 31.0. The Balaban J connectivity index is 1.40. The van der Waals surface area contributed by atoms with E-state index < -0.39 is 54.4 Å². The lowest BCUT2D eigenvalue weighted by molar-refractivity contribution is -0.138. The molecule has 2 saturated heterocycles. The molecule has 2 aromatic heterocycles. The number of aromatic amines is 1. The van der Waals surface area contributed by atoms with E-state index >= 15 is 8.78 Å². The number of alkyl halides is 2. The number of fused-ring (bicyclic) bond motifs is 2. The quantitative estimate of drug-likeness (QED) is 0.115. The number of halogens is 3. The molecule has 0 bridgehead atoms. The van der Waals surface area contributed by atoms with Crippen LogP contribution < -0.4 is 26.6 Å². The molecular weight excluding hydrogens is 782 g/mol. The van der Waals surface area contributed by atoms with E-state index in [4.69, 9.17) is 4.98 Å². The van der Waals surface area contributed by atoms with Crippen molar-refractivity contribution >= 4 is 60.1 Å². The van der Waals surface area contributed by atoms with Gasteiger partial charge >= 0.3 is 0 Å². The molecule has 1 unspecified atom stereocenters. The van der Waals surface area contributed by atoms with Crippen LogP contribution in [-0.2, 0) is 32.1 Å². The molecule has 0 saturated carbocycles. The Morgan fingerprint density at radius 2 is 1.51 bits per heavy atom. The van der Waals surface area contributed by atoms with E-state index in [-0.39, 0.29) is 68.4 Å². The number of likely N-dealkylation sites (tertiary alicyclic amines) is 2. The number of imidazole rings is 1. The van der Waals surface area contributed by atoms with Crippen LogP contribution in [0.15, 0.2) is 36.4 Å². The summed E-state index contributed by atoms with van der Waals surface area (Å²) in [4.78, 5) is 65.5. The molecule has 2 aliphatic heterocycles. The minimum Gasteiger partial charge on any atom is -0.352 e. The van der Waals surface area contributed by atoms with E-state index in [0.29, 0.717) is 45.4 Å². The standard InChI is InChI=1S/C42H57F3N9O4P/c1-8-32(50-39(55)22(4)46-6)41(57)53-19-26(45)14-28(53)20-54-35-12-10-29(59)17-34(35)49-38(54)37-31(30-11-9-24(43)15-33(30)48-37)16-27-13-25(44)18-52(27)42(58)36(21(2)3)51-40(56)23(5)47-7/h9-12,15,17,21-23,25-28,32,36,46-48H,8,13-14,16,18-20,59H2,1-7H3,(H,50,55)(H,51,56)/t22-,23-,25-,26-,27-,28-,32-,36-/m0/s1. The first kappa shape index (κ1) is 44.0. The number of H-pyrrole nitrogens is 1. The summed E-state index contributed by atoms with van der Waals surface area (Å²) in [5, 5.41) is 13.0. The van der Waals surface area contributed by atoms with Crippen LogP contribution in [0.3, 0.4) is 0 Å². The molecule has 6 rings (SSSR count). The number of carbonyl (C=O) groups excluding carboxylic acids is 4. The Morgan fingerprint density at radius 3 is 2.14 bits per heavy atom. The first-order valence-corrected chi connectivity index (χ1v) is 21.0. The van der Waals surface area contributed by atoms with E-state index in [9.17, 15) is 23.6 Å². The lowest BCUT2D eigenvalue weighted by atomic mass is 9.98. The average Bonchev–Trinajstić information content (AvgIpc) is 3.96. The number of nitrogens with one attached hydrogen (secondary N) is 5. The SMILES string of the molecule is CC[C@H](NC(=O)[C@H](C)NC)C(=O)N1C[C@@H](F)C[C@H]1Cn1c(-c2[nH]c3cc(F)ccc3c2C[C@@H]2C[C@H](F)CN2C(=O)[C@@H](NC(=O)[C@H](C)NC)C(C)C)nc2cc(P)ccc21. The first-order valence-electron chi connectivity index (χ1n) is 20.5. The van der Waals surface area contributed by atoms with Gasteiger partial charge in [-0.2, -0.15) is 0 Å². The molecule has 2 aliphatic rings. The molecule has 320 valence electrons. The van der Waals surface area contributed by atoms with Crippen molar-refractivity contribution in [2.24, 2.45) is 5.92 Å². The second-order valence-corrected chi connectivity index (χ2v) is 17.0. The molecule has 2 fully saturated rings. The zero-order valence-electron chi connectivity index (χ0n) is 34.7. The Labute approximate surface area is 345 Å². The van der Waals surface area contributed by atoms with E-state index in [1.807, 2.05) is 36.6 Å². The lowest BCUT2D eigenvalue weighted by Crippen LogP contribution is -2.55. The molecule has 0 spiro atoms. The molecule has 0 aliphatic carbocycles. The fourth-order valence-electron chi connectivity index (χ4n) is 8.29. The maximum Gasteiger partial charge on any atom is 0.245 e. The predicted molar refractivity (Wildman–Crippen MR) is 226 cm³/mol. The van der Waals surface area contributed by atoms with Gasteiger partial charge in [0.2, 0.25) is 23.6 Å². The van der Waals surface area contributed by atoms with Crippen molar-refractivity contribution in [1.29, 1.82) is 0 Å². The van der Waals surface area contributed by atoms with Crippen molar-refractivity contribution in [2.45, 2.75) is 115 Å². The summed E-state index contributed by atoms with van der Waals surface area (Å²) in [6.07, 6.45) is -2.00. The molecule has 0 radical (unpaired) electrons. The van der Waals surface area contributed by atoms with Crippen LogP contribution in [-0.4, -0.2) is 124 Å². The van der Waals surface area contributed by atoms with Crippen LogP contribution in [0.5, 0.6) is 0 Å². The molecule has 5 N–H and O–H groups in total. The largest absolute Gasteiger partial charge is 0.352 e. The van der Waals surface area contributed by atoms with Crippen LogP contribution in [0.4, 0.5) is 13.2 Å². The fourth-order valence-corrected chi connectivity index (χ4v) is 8.55. The molecule has 59 heavy (non-hydrogen) atoms. The predicted octanol–water partition coefficient (Wildman–Crippen LogP) is 3.50. The third kappa shape index (κ3) is 9.29. The zero-order chi connectivity index (χ0) is 42.9. The van der Waals surface area contributed by atoms with Gasteiger partial charge in [-0.05, 0) is 87.9 Å².